The van der Waals surface area contributed by atoms with Gasteiger partial charge in [-0.3, -0.25) is 9.59 Å². The van der Waals surface area contributed by atoms with Crippen molar-refractivity contribution in [2.75, 3.05) is 13.1 Å². The quantitative estimate of drug-likeness (QED) is 0.772. The van der Waals surface area contributed by atoms with Crippen molar-refractivity contribution < 1.29 is 9.59 Å². The van der Waals surface area contributed by atoms with Crippen molar-refractivity contribution >= 4 is 11.8 Å². The molecule has 0 aromatic rings. The van der Waals surface area contributed by atoms with E-state index in [0.29, 0.717) is 13.1 Å². The van der Waals surface area contributed by atoms with Gasteiger partial charge >= 0.3 is 0 Å². The topological polar surface area (TPSA) is 49.4 Å². The Balaban J connectivity index is 2.19. The highest BCUT2D eigenvalue weighted by atomic mass is 16.2. The van der Waals surface area contributed by atoms with Crippen LogP contribution in [0, 0.1) is 5.41 Å². The molecule has 0 unspecified atom stereocenters. The van der Waals surface area contributed by atoms with Gasteiger partial charge in [0.1, 0.15) is 5.54 Å². The lowest BCUT2D eigenvalue weighted by atomic mass is 9.74. The van der Waals surface area contributed by atoms with Gasteiger partial charge in [-0.2, -0.15) is 0 Å². The minimum Gasteiger partial charge on any atom is -0.352 e. The van der Waals surface area contributed by atoms with Crippen molar-refractivity contribution in [2.45, 2.75) is 58.4 Å². The zero-order valence-corrected chi connectivity index (χ0v) is 11.7. The van der Waals surface area contributed by atoms with E-state index >= 15 is 0 Å². The molecule has 18 heavy (non-hydrogen) atoms. The molecule has 1 heterocycles. The Labute approximate surface area is 109 Å². The first-order chi connectivity index (χ1) is 8.38. The minimum atomic E-state index is -0.713. The molecule has 4 heteroatoms. The van der Waals surface area contributed by atoms with Crippen molar-refractivity contribution in [3.05, 3.63) is 0 Å². The number of nitrogens with one attached hydrogen (secondary N) is 1. The largest absolute Gasteiger partial charge is 0.352 e. The summed E-state index contributed by atoms with van der Waals surface area (Å²) in [6, 6.07) is 0. The first-order valence-corrected chi connectivity index (χ1v) is 6.98. The number of hydrogen-bond donors (Lipinski definition) is 1. The zero-order chi connectivity index (χ0) is 13.4. The summed E-state index contributed by atoms with van der Waals surface area (Å²) in [6.45, 7) is 6.95. The molecule has 2 aliphatic rings. The highest BCUT2D eigenvalue weighted by molar-refractivity contribution is 5.93. The lowest BCUT2D eigenvalue weighted by molar-refractivity contribution is -0.157. The Morgan fingerprint density at radius 3 is 2.39 bits per heavy atom. The summed E-state index contributed by atoms with van der Waals surface area (Å²) in [7, 11) is 0. The lowest BCUT2D eigenvalue weighted by Gasteiger charge is -2.46. The Bertz CT molecular complexity index is 357. The SMILES string of the molecule is CC1(C(=O)N2CCNC(=O)C2(C)C)CCCCC1. The maximum Gasteiger partial charge on any atom is 0.245 e. The van der Waals surface area contributed by atoms with E-state index in [1.54, 1.807) is 4.90 Å². The van der Waals surface area contributed by atoms with Crippen LogP contribution in [0.4, 0.5) is 0 Å². The molecule has 0 bridgehead atoms. The van der Waals surface area contributed by atoms with E-state index in [1.807, 2.05) is 13.8 Å². The molecule has 0 aromatic heterocycles. The van der Waals surface area contributed by atoms with Crippen LogP contribution in [0.5, 0.6) is 0 Å². The molecule has 0 spiro atoms. The van der Waals surface area contributed by atoms with Gasteiger partial charge in [0.05, 0.1) is 0 Å². The fraction of sp³-hybridized carbons (Fsp3) is 0.857. The van der Waals surface area contributed by atoms with Crippen molar-refractivity contribution in [3.63, 3.8) is 0 Å². The number of carbonyl (C=O) groups excluding carboxylic acids is 2. The summed E-state index contributed by atoms with van der Waals surface area (Å²) in [5, 5.41) is 2.84. The summed E-state index contributed by atoms with van der Waals surface area (Å²) < 4.78 is 0. The number of piperazine rings is 1. The van der Waals surface area contributed by atoms with Crippen LogP contribution in [0.1, 0.15) is 52.9 Å². The number of rotatable bonds is 1. The van der Waals surface area contributed by atoms with Crippen molar-refractivity contribution in [1.29, 1.82) is 0 Å². The summed E-state index contributed by atoms with van der Waals surface area (Å²) in [5.41, 5.74) is -0.969. The van der Waals surface area contributed by atoms with Crippen molar-refractivity contribution in [3.8, 4) is 0 Å². The predicted octanol–water partition coefficient (Wildman–Crippen LogP) is 1.69. The summed E-state index contributed by atoms with van der Waals surface area (Å²) >= 11 is 0. The van der Waals surface area contributed by atoms with Gasteiger partial charge in [-0.15, -0.1) is 0 Å². The monoisotopic (exact) mass is 252 g/mol. The normalized spacial score (nSPS) is 26.6. The van der Waals surface area contributed by atoms with E-state index < -0.39 is 5.54 Å². The molecule has 1 aliphatic carbocycles. The first kappa shape index (κ1) is 13.4. The molecule has 1 saturated heterocycles. The zero-order valence-electron chi connectivity index (χ0n) is 11.7. The minimum absolute atomic E-state index is 0.0403. The smallest absolute Gasteiger partial charge is 0.245 e. The van der Waals surface area contributed by atoms with Crippen LogP contribution in [0.2, 0.25) is 0 Å². The maximum absolute atomic E-state index is 12.8. The Morgan fingerprint density at radius 1 is 1.17 bits per heavy atom. The van der Waals surface area contributed by atoms with E-state index in [4.69, 9.17) is 0 Å². The molecule has 0 aromatic carbocycles. The number of carbonyl (C=O) groups is 2. The van der Waals surface area contributed by atoms with Crippen molar-refractivity contribution in [2.24, 2.45) is 5.41 Å². The van der Waals surface area contributed by atoms with E-state index in [0.717, 1.165) is 25.7 Å². The third-order valence-corrected chi connectivity index (χ3v) is 4.57. The molecule has 1 aliphatic heterocycles. The highest BCUT2D eigenvalue weighted by Crippen LogP contribution is 2.39. The van der Waals surface area contributed by atoms with E-state index in [2.05, 4.69) is 12.2 Å². The first-order valence-electron chi connectivity index (χ1n) is 6.98. The third-order valence-electron chi connectivity index (χ3n) is 4.57. The molecule has 102 valence electrons. The second kappa shape index (κ2) is 4.56. The Kier molecular flexibility index (Phi) is 3.39. The average molecular weight is 252 g/mol. The van der Waals surface area contributed by atoms with Crippen LogP contribution in [0.3, 0.4) is 0 Å². The summed E-state index contributed by atoms with van der Waals surface area (Å²) in [6.07, 6.45) is 5.40. The Hall–Kier alpha value is -1.06. The van der Waals surface area contributed by atoms with Crippen molar-refractivity contribution in [1.82, 2.24) is 10.2 Å². The predicted molar refractivity (Wildman–Crippen MR) is 70.0 cm³/mol. The summed E-state index contributed by atoms with van der Waals surface area (Å²) in [4.78, 5) is 26.5. The molecule has 2 amide bonds. The van der Waals surface area contributed by atoms with Gasteiger partial charge in [0.15, 0.2) is 0 Å². The van der Waals surface area contributed by atoms with Crippen LogP contribution >= 0.6 is 0 Å². The molecule has 2 rings (SSSR count). The van der Waals surface area contributed by atoms with Gasteiger partial charge in [0.2, 0.25) is 11.8 Å². The summed E-state index contributed by atoms with van der Waals surface area (Å²) in [5.74, 6) is 0.128. The lowest BCUT2D eigenvalue weighted by Crippen LogP contribution is -2.65. The molecular weight excluding hydrogens is 228 g/mol. The molecule has 0 atom stereocenters. The Morgan fingerprint density at radius 2 is 1.78 bits per heavy atom. The van der Waals surface area contributed by atoms with E-state index in [-0.39, 0.29) is 17.2 Å². The molecular formula is C14H24N2O2. The third kappa shape index (κ3) is 2.13. The van der Waals surface area contributed by atoms with Crippen LogP contribution < -0.4 is 5.32 Å². The van der Waals surface area contributed by atoms with Crippen LogP contribution in [-0.2, 0) is 9.59 Å². The fourth-order valence-electron chi connectivity index (χ4n) is 3.13. The molecule has 2 fully saturated rings. The maximum atomic E-state index is 12.8. The molecule has 0 radical (unpaired) electrons. The van der Waals surface area contributed by atoms with Crippen LogP contribution in [-0.4, -0.2) is 35.3 Å². The fourth-order valence-corrected chi connectivity index (χ4v) is 3.13. The molecule has 1 N–H and O–H groups in total. The second-order valence-electron chi connectivity index (χ2n) is 6.39. The van der Waals surface area contributed by atoms with Gasteiger partial charge in [0.25, 0.3) is 0 Å². The standard InChI is InChI=1S/C14H24N2O2/c1-13(2)11(17)15-9-10-16(13)12(18)14(3)7-5-4-6-8-14/h4-10H2,1-3H3,(H,15,17). The van der Waals surface area contributed by atoms with E-state index in [1.165, 1.54) is 6.42 Å². The molecule has 1 saturated carbocycles. The van der Waals surface area contributed by atoms with Gasteiger partial charge in [-0.1, -0.05) is 26.2 Å². The number of hydrogen-bond acceptors (Lipinski definition) is 2. The van der Waals surface area contributed by atoms with Crippen LogP contribution in [0.25, 0.3) is 0 Å². The number of amides is 2. The van der Waals surface area contributed by atoms with Gasteiger partial charge < -0.3 is 10.2 Å². The van der Waals surface area contributed by atoms with Gasteiger partial charge in [0, 0.05) is 18.5 Å². The highest BCUT2D eigenvalue weighted by Gasteiger charge is 2.46. The van der Waals surface area contributed by atoms with Gasteiger partial charge in [-0.25, -0.2) is 0 Å². The number of nitrogens with zero attached hydrogens (tertiary/aromatic N) is 1. The van der Waals surface area contributed by atoms with E-state index in [9.17, 15) is 9.59 Å². The molecule has 4 nitrogen and oxygen atoms in total. The average Bonchev–Trinajstić information content (AvgIpc) is 2.33. The van der Waals surface area contributed by atoms with Gasteiger partial charge in [-0.05, 0) is 26.7 Å². The second-order valence-corrected chi connectivity index (χ2v) is 6.39. The van der Waals surface area contributed by atoms with Crippen LogP contribution in [0.15, 0.2) is 0 Å².